The Hall–Kier alpha value is -3.12. The van der Waals surface area contributed by atoms with Crippen LogP contribution in [0.5, 0.6) is 0 Å². The molecule has 3 aromatic rings. The van der Waals surface area contributed by atoms with E-state index in [0.29, 0.717) is 41.8 Å². The molecule has 1 aromatic heterocycles. The highest BCUT2D eigenvalue weighted by atomic mass is 79.9. The van der Waals surface area contributed by atoms with E-state index in [-0.39, 0.29) is 16.3 Å². The molecule has 1 aliphatic heterocycles. The molecule has 7 rings (SSSR count). The molecule has 35 heavy (non-hydrogen) atoms. The van der Waals surface area contributed by atoms with Gasteiger partial charge >= 0.3 is 0 Å². The van der Waals surface area contributed by atoms with Gasteiger partial charge < -0.3 is 0 Å². The second kappa shape index (κ2) is 8.52. The number of fused-ring (bicyclic) bond motifs is 3. The number of benzene rings is 2. The molecule has 1 amide bonds. The molecule has 3 fully saturated rings. The summed E-state index contributed by atoms with van der Waals surface area (Å²) in [6.07, 6.45) is 6.61. The standard InChI is InChI=1S/C26H22BrF2N5O/c27-25-21(28)9-17(10-22(25)29)24-3-4-31-34(24)26(35)20-8-19(15-6-16(20)7-15)13-33-23-2-1-14(11-30)5-18(23)12-32-33/h1-2,4-5,9-10,12,15-16,19-20,24H,3,6-8,13H2/t15?,16?,19-,20-,24?/m0/s1. The van der Waals surface area contributed by atoms with Crippen molar-refractivity contribution >= 4 is 39.0 Å². The van der Waals surface area contributed by atoms with Crippen molar-refractivity contribution in [2.24, 2.45) is 28.8 Å². The highest BCUT2D eigenvalue weighted by Gasteiger charge is 2.50. The maximum atomic E-state index is 14.2. The van der Waals surface area contributed by atoms with Crippen LogP contribution in [0.1, 0.15) is 42.9 Å². The van der Waals surface area contributed by atoms with Gasteiger partial charge in [0.25, 0.3) is 0 Å². The summed E-state index contributed by atoms with van der Waals surface area (Å²) in [7, 11) is 0. The fraction of sp³-hybridized carbons (Fsp3) is 0.385. The van der Waals surface area contributed by atoms with E-state index in [1.807, 2.05) is 16.8 Å². The number of amides is 1. The first kappa shape index (κ1) is 22.4. The van der Waals surface area contributed by atoms with E-state index >= 15 is 0 Å². The van der Waals surface area contributed by atoms with Crippen LogP contribution in [0.4, 0.5) is 8.78 Å². The summed E-state index contributed by atoms with van der Waals surface area (Å²) >= 11 is 2.91. The van der Waals surface area contributed by atoms with Crippen molar-refractivity contribution < 1.29 is 13.6 Å². The van der Waals surface area contributed by atoms with Gasteiger partial charge in [-0.25, -0.2) is 13.8 Å². The molecule has 2 bridgehead atoms. The molecule has 3 saturated carbocycles. The van der Waals surface area contributed by atoms with Gasteiger partial charge in [0.05, 0.1) is 33.9 Å². The average molecular weight is 538 g/mol. The zero-order valence-corrected chi connectivity index (χ0v) is 20.3. The van der Waals surface area contributed by atoms with Crippen LogP contribution in [0, 0.1) is 46.6 Å². The van der Waals surface area contributed by atoms with Crippen molar-refractivity contribution in [1.29, 1.82) is 5.26 Å². The Labute approximate surface area is 209 Å². The van der Waals surface area contributed by atoms with Gasteiger partial charge in [-0.1, -0.05) is 0 Å². The molecule has 0 radical (unpaired) electrons. The number of carbonyl (C=O) groups is 1. The maximum absolute atomic E-state index is 14.2. The minimum atomic E-state index is -0.688. The molecule has 2 aromatic carbocycles. The number of hydrogen-bond donors (Lipinski definition) is 0. The molecule has 4 aliphatic rings. The van der Waals surface area contributed by atoms with Gasteiger partial charge in [0.15, 0.2) is 0 Å². The van der Waals surface area contributed by atoms with Gasteiger partial charge in [-0.15, -0.1) is 0 Å². The third-order valence-corrected chi connectivity index (χ3v) is 8.70. The smallest absolute Gasteiger partial charge is 0.246 e. The topological polar surface area (TPSA) is 74.3 Å². The average Bonchev–Trinajstić information content (AvgIpc) is 3.48. The van der Waals surface area contributed by atoms with E-state index in [9.17, 15) is 13.6 Å². The summed E-state index contributed by atoms with van der Waals surface area (Å²) in [5.74, 6) is -0.412. The summed E-state index contributed by atoms with van der Waals surface area (Å²) in [5, 5.41) is 20.4. The molecule has 0 N–H and O–H groups in total. The van der Waals surface area contributed by atoms with Crippen molar-refractivity contribution in [3.05, 3.63) is 63.8 Å². The van der Waals surface area contributed by atoms with E-state index in [4.69, 9.17) is 5.26 Å². The van der Waals surface area contributed by atoms with Crippen LogP contribution < -0.4 is 0 Å². The molecular formula is C26H22BrF2N5O. The number of rotatable bonds is 4. The van der Waals surface area contributed by atoms with E-state index in [1.165, 1.54) is 17.1 Å². The predicted octanol–water partition coefficient (Wildman–Crippen LogP) is 5.57. The highest BCUT2D eigenvalue weighted by molar-refractivity contribution is 9.10. The van der Waals surface area contributed by atoms with Gasteiger partial charge in [0.2, 0.25) is 5.91 Å². The number of hydrazone groups is 1. The SMILES string of the molecule is N#Cc1ccc2c(cnn2C[C@@H]2C[C@H](C(=O)N3N=CCC3c3cc(F)c(Br)c(F)c3)C3CC2C3)c1. The Balaban J connectivity index is 1.21. The second-order valence-corrected chi connectivity index (χ2v) is 10.6. The highest BCUT2D eigenvalue weighted by Crippen LogP contribution is 2.53. The summed E-state index contributed by atoms with van der Waals surface area (Å²) in [4.78, 5) is 13.6. The van der Waals surface area contributed by atoms with Crippen LogP contribution in [0.25, 0.3) is 10.9 Å². The zero-order chi connectivity index (χ0) is 24.3. The summed E-state index contributed by atoms with van der Waals surface area (Å²) in [6, 6.07) is 9.77. The lowest BCUT2D eigenvalue weighted by molar-refractivity contribution is -0.147. The van der Waals surface area contributed by atoms with Gasteiger partial charge in [-0.05, 0) is 88.8 Å². The van der Waals surface area contributed by atoms with Crippen LogP contribution in [0.3, 0.4) is 0 Å². The first-order chi connectivity index (χ1) is 16.9. The monoisotopic (exact) mass is 537 g/mol. The fourth-order valence-corrected chi connectivity index (χ4v) is 6.25. The van der Waals surface area contributed by atoms with Crippen LogP contribution in [0.15, 0.2) is 46.1 Å². The summed E-state index contributed by atoms with van der Waals surface area (Å²) in [6.45, 7) is 0.715. The molecule has 9 heteroatoms. The Morgan fingerprint density at radius 3 is 2.66 bits per heavy atom. The van der Waals surface area contributed by atoms with E-state index in [0.717, 1.165) is 30.2 Å². The number of hydrogen-bond acceptors (Lipinski definition) is 4. The van der Waals surface area contributed by atoms with Crippen LogP contribution in [-0.2, 0) is 11.3 Å². The minimum absolute atomic E-state index is 0.0652. The number of halogens is 3. The zero-order valence-electron chi connectivity index (χ0n) is 18.7. The van der Waals surface area contributed by atoms with Crippen LogP contribution in [0.2, 0.25) is 0 Å². The normalized spacial score (nSPS) is 27.1. The molecule has 2 heterocycles. The fourth-order valence-electron chi connectivity index (χ4n) is 6.02. The Kier molecular flexibility index (Phi) is 5.44. The van der Waals surface area contributed by atoms with Crippen molar-refractivity contribution in [3.8, 4) is 6.07 Å². The largest absolute Gasteiger partial charge is 0.273 e. The predicted molar refractivity (Wildman–Crippen MR) is 129 cm³/mol. The van der Waals surface area contributed by atoms with Gasteiger partial charge in [0.1, 0.15) is 11.6 Å². The van der Waals surface area contributed by atoms with Crippen molar-refractivity contribution in [2.45, 2.75) is 38.3 Å². The first-order valence-corrected chi connectivity index (χ1v) is 12.6. The Bertz CT molecular complexity index is 1380. The van der Waals surface area contributed by atoms with E-state index in [1.54, 1.807) is 18.5 Å². The minimum Gasteiger partial charge on any atom is -0.273 e. The lowest BCUT2D eigenvalue weighted by Crippen LogP contribution is -2.49. The second-order valence-electron chi connectivity index (χ2n) is 9.84. The van der Waals surface area contributed by atoms with Gasteiger partial charge in [0, 0.05) is 30.5 Å². The molecule has 1 unspecified atom stereocenters. The molecule has 0 spiro atoms. The molecule has 178 valence electrons. The maximum Gasteiger partial charge on any atom is 0.246 e. The number of aromatic nitrogens is 2. The third-order valence-electron chi connectivity index (χ3n) is 7.95. The molecule has 0 saturated heterocycles. The van der Waals surface area contributed by atoms with Gasteiger partial charge in [-0.2, -0.15) is 15.5 Å². The molecule has 6 nitrogen and oxygen atoms in total. The Morgan fingerprint density at radius 1 is 1.14 bits per heavy atom. The van der Waals surface area contributed by atoms with E-state index < -0.39 is 17.7 Å². The molecular weight excluding hydrogens is 516 g/mol. The Morgan fingerprint density at radius 2 is 1.91 bits per heavy atom. The third kappa shape index (κ3) is 3.75. The van der Waals surface area contributed by atoms with E-state index in [2.05, 4.69) is 32.2 Å². The number of nitriles is 1. The first-order valence-electron chi connectivity index (χ1n) is 11.8. The van der Waals surface area contributed by atoms with Crippen LogP contribution in [-0.4, -0.2) is 26.9 Å². The number of nitrogens with zero attached hydrogens (tertiary/aromatic N) is 5. The van der Waals surface area contributed by atoms with Gasteiger partial charge in [-0.3, -0.25) is 9.48 Å². The molecule has 3 atom stereocenters. The summed E-state index contributed by atoms with van der Waals surface area (Å²) in [5.41, 5.74) is 2.00. The lowest BCUT2D eigenvalue weighted by atomic mass is 9.55. The number of carbonyl (C=O) groups excluding carboxylic acids is 1. The van der Waals surface area contributed by atoms with Crippen LogP contribution >= 0.6 is 15.9 Å². The van der Waals surface area contributed by atoms with Crippen molar-refractivity contribution in [2.75, 3.05) is 0 Å². The van der Waals surface area contributed by atoms with Crippen molar-refractivity contribution in [3.63, 3.8) is 0 Å². The van der Waals surface area contributed by atoms with Crippen molar-refractivity contribution in [1.82, 2.24) is 14.8 Å². The summed E-state index contributed by atoms with van der Waals surface area (Å²) < 4.78 is 30.1. The lowest BCUT2D eigenvalue weighted by Gasteiger charge is -2.51. The quantitative estimate of drug-likeness (QED) is 0.408. The molecule has 3 aliphatic carbocycles.